The van der Waals surface area contributed by atoms with Gasteiger partial charge in [0.25, 0.3) is 0 Å². The van der Waals surface area contributed by atoms with Gasteiger partial charge in [0.1, 0.15) is 0 Å². The first kappa shape index (κ1) is 14.6. The van der Waals surface area contributed by atoms with Crippen LogP contribution in [0.4, 0.5) is 0 Å². The highest BCUT2D eigenvalue weighted by Gasteiger charge is 2.53. The van der Waals surface area contributed by atoms with E-state index in [1.807, 2.05) is 25.1 Å². The van der Waals surface area contributed by atoms with Crippen LogP contribution < -0.4 is 0 Å². The van der Waals surface area contributed by atoms with Gasteiger partial charge in [-0.1, -0.05) is 19.1 Å². The van der Waals surface area contributed by atoms with Crippen molar-refractivity contribution in [3.05, 3.63) is 12.2 Å². The minimum absolute atomic E-state index is 0.0473. The number of aliphatic carboxylic acids is 1. The van der Waals surface area contributed by atoms with E-state index in [0.717, 1.165) is 19.5 Å². The largest absolute Gasteiger partial charge is 0.481 e. The van der Waals surface area contributed by atoms with Crippen molar-refractivity contribution >= 4 is 11.9 Å². The molecule has 3 aliphatic rings. The minimum Gasteiger partial charge on any atom is -0.481 e. The van der Waals surface area contributed by atoms with E-state index in [2.05, 4.69) is 17.9 Å². The third kappa shape index (κ3) is 2.27. The SMILES string of the molecule is CC1CN(C(=O)C2C3C=CC(C3)C2C(=O)O)CC1N(C)C. The van der Waals surface area contributed by atoms with E-state index in [9.17, 15) is 14.7 Å². The first-order valence-corrected chi connectivity index (χ1v) is 7.76. The molecule has 1 heterocycles. The number of nitrogens with zero attached hydrogens (tertiary/aromatic N) is 2. The second-order valence-electron chi connectivity index (χ2n) is 7.09. The summed E-state index contributed by atoms with van der Waals surface area (Å²) in [6, 6.07) is 0.367. The number of carboxylic acids is 1. The molecule has 1 N–H and O–H groups in total. The number of carbonyl (C=O) groups is 2. The highest BCUT2D eigenvalue weighted by molar-refractivity contribution is 5.87. The van der Waals surface area contributed by atoms with Crippen LogP contribution in [-0.2, 0) is 9.59 Å². The second kappa shape index (κ2) is 5.13. The summed E-state index contributed by atoms with van der Waals surface area (Å²) in [7, 11) is 4.07. The van der Waals surface area contributed by atoms with Crippen LogP contribution in [0.15, 0.2) is 12.2 Å². The molecule has 21 heavy (non-hydrogen) atoms. The second-order valence-corrected chi connectivity index (χ2v) is 7.09. The van der Waals surface area contributed by atoms with Crippen molar-refractivity contribution in [2.45, 2.75) is 19.4 Å². The fourth-order valence-electron chi connectivity index (χ4n) is 4.51. The molecule has 2 bridgehead atoms. The molecule has 2 fully saturated rings. The van der Waals surface area contributed by atoms with Gasteiger partial charge in [-0.15, -0.1) is 0 Å². The molecule has 6 unspecified atom stereocenters. The molecule has 5 nitrogen and oxygen atoms in total. The molecule has 2 aliphatic carbocycles. The van der Waals surface area contributed by atoms with Crippen molar-refractivity contribution in [2.24, 2.45) is 29.6 Å². The van der Waals surface area contributed by atoms with Crippen molar-refractivity contribution in [3.63, 3.8) is 0 Å². The Kier molecular flexibility index (Phi) is 3.56. The summed E-state index contributed by atoms with van der Waals surface area (Å²) in [5.41, 5.74) is 0. The first-order chi connectivity index (χ1) is 9.90. The molecule has 1 amide bonds. The fourth-order valence-corrected chi connectivity index (χ4v) is 4.51. The lowest BCUT2D eigenvalue weighted by molar-refractivity contribution is -0.150. The van der Waals surface area contributed by atoms with Crippen LogP contribution >= 0.6 is 0 Å². The summed E-state index contributed by atoms with van der Waals surface area (Å²) in [6.45, 7) is 3.62. The highest BCUT2D eigenvalue weighted by atomic mass is 16.4. The molecule has 1 saturated carbocycles. The number of fused-ring (bicyclic) bond motifs is 2. The Hall–Kier alpha value is -1.36. The number of likely N-dealkylation sites (N-methyl/N-ethyl adjacent to an activating group) is 1. The Labute approximate surface area is 125 Å². The predicted octanol–water partition coefficient (Wildman–Crippen LogP) is 0.918. The molecule has 3 rings (SSSR count). The van der Waals surface area contributed by atoms with Gasteiger partial charge in [0.2, 0.25) is 5.91 Å². The van der Waals surface area contributed by atoms with Gasteiger partial charge < -0.3 is 14.9 Å². The van der Waals surface area contributed by atoms with Crippen molar-refractivity contribution < 1.29 is 14.7 Å². The summed E-state index contributed by atoms with van der Waals surface area (Å²) in [5.74, 6) is -1.05. The smallest absolute Gasteiger partial charge is 0.307 e. The number of hydrogen-bond donors (Lipinski definition) is 1. The molecule has 1 saturated heterocycles. The number of hydrogen-bond acceptors (Lipinski definition) is 3. The molecule has 0 spiro atoms. The monoisotopic (exact) mass is 292 g/mol. The Morgan fingerprint density at radius 2 is 1.76 bits per heavy atom. The quantitative estimate of drug-likeness (QED) is 0.786. The van der Waals surface area contributed by atoms with Gasteiger partial charge in [0, 0.05) is 19.1 Å². The molecule has 5 heteroatoms. The number of allylic oxidation sites excluding steroid dienone is 2. The summed E-state index contributed by atoms with van der Waals surface area (Å²) in [4.78, 5) is 28.5. The van der Waals surface area contributed by atoms with Crippen LogP contribution in [0.3, 0.4) is 0 Å². The Morgan fingerprint density at radius 3 is 2.29 bits per heavy atom. The lowest BCUT2D eigenvalue weighted by Gasteiger charge is -2.29. The van der Waals surface area contributed by atoms with Crippen LogP contribution in [0.5, 0.6) is 0 Å². The standard InChI is InChI=1S/C16H24N2O3/c1-9-7-18(8-12(9)17(2)3)15(19)13-10-4-5-11(6-10)14(13)16(20)21/h4-5,9-14H,6-8H2,1-3H3,(H,20,21). The number of likely N-dealkylation sites (tertiary alicyclic amines) is 1. The molecule has 116 valence electrons. The topological polar surface area (TPSA) is 60.9 Å². The minimum atomic E-state index is -0.818. The van der Waals surface area contributed by atoms with E-state index in [1.54, 1.807) is 0 Å². The molecular weight excluding hydrogens is 268 g/mol. The molecular formula is C16H24N2O3. The van der Waals surface area contributed by atoms with Crippen LogP contribution in [0, 0.1) is 29.6 Å². The van der Waals surface area contributed by atoms with E-state index in [-0.39, 0.29) is 23.7 Å². The van der Waals surface area contributed by atoms with E-state index < -0.39 is 11.9 Å². The predicted molar refractivity (Wildman–Crippen MR) is 78.6 cm³/mol. The average molecular weight is 292 g/mol. The Balaban J connectivity index is 1.77. The zero-order valence-corrected chi connectivity index (χ0v) is 12.9. The van der Waals surface area contributed by atoms with Crippen LogP contribution in [-0.4, -0.2) is 60.0 Å². The summed E-state index contributed by atoms with van der Waals surface area (Å²) < 4.78 is 0. The van der Waals surface area contributed by atoms with E-state index in [4.69, 9.17) is 0 Å². The molecule has 0 aromatic rings. The normalized spacial score (nSPS) is 41.2. The fraction of sp³-hybridized carbons (Fsp3) is 0.750. The molecule has 0 radical (unpaired) electrons. The zero-order valence-electron chi connectivity index (χ0n) is 12.9. The van der Waals surface area contributed by atoms with E-state index in [0.29, 0.717) is 12.0 Å². The van der Waals surface area contributed by atoms with Crippen LogP contribution in [0.25, 0.3) is 0 Å². The molecule has 1 aliphatic heterocycles. The first-order valence-electron chi connectivity index (χ1n) is 7.76. The number of rotatable bonds is 3. The molecule has 6 atom stereocenters. The maximum absolute atomic E-state index is 12.9. The molecule has 0 aromatic heterocycles. The van der Waals surface area contributed by atoms with Gasteiger partial charge in [-0.25, -0.2) is 0 Å². The van der Waals surface area contributed by atoms with Crippen LogP contribution in [0.1, 0.15) is 13.3 Å². The van der Waals surface area contributed by atoms with Crippen molar-refractivity contribution in [1.82, 2.24) is 9.80 Å². The number of carboxylic acid groups (broad SMARTS) is 1. The van der Waals surface area contributed by atoms with Gasteiger partial charge >= 0.3 is 5.97 Å². The lowest BCUT2D eigenvalue weighted by Crippen LogP contribution is -2.43. The molecule has 0 aromatic carbocycles. The third-order valence-electron chi connectivity index (χ3n) is 5.58. The lowest BCUT2D eigenvalue weighted by atomic mass is 9.82. The van der Waals surface area contributed by atoms with Gasteiger partial charge in [0.05, 0.1) is 11.8 Å². The zero-order chi connectivity index (χ0) is 15.3. The van der Waals surface area contributed by atoms with Gasteiger partial charge in [-0.2, -0.15) is 0 Å². The highest BCUT2D eigenvalue weighted by Crippen LogP contribution is 2.49. The summed E-state index contributed by atoms with van der Waals surface area (Å²) >= 11 is 0. The van der Waals surface area contributed by atoms with Crippen molar-refractivity contribution in [2.75, 3.05) is 27.2 Å². The average Bonchev–Trinajstić information content (AvgIpc) is 3.09. The van der Waals surface area contributed by atoms with Gasteiger partial charge in [0.15, 0.2) is 0 Å². The van der Waals surface area contributed by atoms with Gasteiger partial charge in [-0.3, -0.25) is 9.59 Å². The third-order valence-corrected chi connectivity index (χ3v) is 5.58. The van der Waals surface area contributed by atoms with E-state index in [1.165, 1.54) is 0 Å². The van der Waals surface area contributed by atoms with Crippen molar-refractivity contribution in [3.8, 4) is 0 Å². The van der Waals surface area contributed by atoms with Crippen LogP contribution in [0.2, 0.25) is 0 Å². The summed E-state index contributed by atoms with van der Waals surface area (Å²) in [6.07, 6.45) is 4.87. The summed E-state index contributed by atoms with van der Waals surface area (Å²) in [5, 5.41) is 9.48. The number of amides is 1. The van der Waals surface area contributed by atoms with E-state index >= 15 is 0 Å². The van der Waals surface area contributed by atoms with Crippen molar-refractivity contribution in [1.29, 1.82) is 0 Å². The number of carbonyl (C=O) groups excluding carboxylic acids is 1. The Morgan fingerprint density at radius 1 is 1.14 bits per heavy atom. The maximum Gasteiger partial charge on any atom is 0.307 e. The Bertz CT molecular complexity index is 488. The maximum atomic E-state index is 12.9. The van der Waals surface area contributed by atoms with Gasteiger partial charge in [-0.05, 0) is 38.3 Å².